The standard InChI is InChI=1S/C15H30N4/c1-7-8-16-13(2)15(3,4)12-18(5)10-14-9-17-19(6)11-14/h9,11,13,16H,7-8,10,12H2,1-6H3. The Kier molecular flexibility index (Phi) is 6.01. The maximum atomic E-state index is 4.22. The van der Waals surface area contributed by atoms with Gasteiger partial charge in [-0.15, -0.1) is 0 Å². The zero-order valence-electron chi connectivity index (χ0n) is 13.4. The first-order valence-electron chi connectivity index (χ1n) is 7.24. The zero-order valence-corrected chi connectivity index (χ0v) is 13.4. The predicted octanol–water partition coefficient (Wildman–Crippen LogP) is 2.27. The summed E-state index contributed by atoms with van der Waals surface area (Å²) >= 11 is 0. The van der Waals surface area contributed by atoms with Crippen molar-refractivity contribution in [2.75, 3.05) is 20.1 Å². The van der Waals surface area contributed by atoms with Crippen molar-refractivity contribution in [1.82, 2.24) is 20.0 Å². The number of rotatable bonds is 8. The minimum atomic E-state index is 0.256. The lowest BCUT2D eigenvalue weighted by atomic mass is 9.84. The van der Waals surface area contributed by atoms with Crippen LogP contribution in [0.25, 0.3) is 0 Å². The van der Waals surface area contributed by atoms with Gasteiger partial charge in [0.15, 0.2) is 0 Å². The molecule has 110 valence electrons. The lowest BCUT2D eigenvalue weighted by Crippen LogP contribution is -2.46. The van der Waals surface area contributed by atoms with Crippen LogP contribution in [0.15, 0.2) is 12.4 Å². The molecule has 1 N–H and O–H groups in total. The summed E-state index contributed by atoms with van der Waals surface area (Å²) in [5, 5.41) is 7.82. The van der Waals surface area contributed by atoms with Gasteiger partial charge in [-0.25, -0.2) is 0 Å². The second kappa shape index (κ2) is 7.06. The third-order valence-corrected chi connectivity index (χ3v) is 3.76. The molecule has 0 aromatic carbocycles. The molecule has 0 amide bonds. The number of aromatic nitrogens is 2. The van der Waals surface area contributed by atoms with E-state index < -0.39 is 0 Å². The van der Waals surface area contributed by atoms with Crippen molar-refractivity contribution in [3.8, 4) is 0 Å². The number of nitrogens with one attached hydrogen (secondary N) is 1. The second-order valence-corrected chi connectivity index (χ2v) is 6.36. The van der Waals surface area contributed by atoms with Crippen molar-refractivity contribution in [1.29, 1.82) is 0 Å². The molecule has 0 radical (unpaired) electrons. The van der Waals surface area contributed by atoms with Crippen LogP contribution in [0.3, 0.4) is 0 Å². The van der Waals surface area contributed by atoms with Gasteiger partial charge in [0.1, 0.15) is 0 Å². The van der Waals surface area contributed by atoms with E-state index >= 15 is 0 Å². The molecule has 1 rings (SSSR count). The van der Waals surface area contributed by atoms with Crippen LogP contribution in [0.4, 0.5) is 0 Å². The summed E-state index contributed by atoms with van der Waals surface area (Å²) in [6.07, 6.45) is 5.22. The Bertz CT molecular complexity index is 370. The molecule has 1 atom stereocenters. The van der Waals surface area contributed by atoms with E-state index in [9.17, 15) is 0 Å². The Hall–Kier alpha value is -0.870. The molecule has 1 heterocycles. The van der Waals surface area contributed by atoms with E-state index in [0.717, 1.165) is 19.6 Å². The van der Waals surface area contributed by atoms with Crippen LogP contribution in [-0.2, 0) is 13.6 Å². The van der Waals surface area contributed by atoms with E-state index in [1.807, 2.05) is 17.9 Å². The fourth-order valence-corrected chi connectivity index (χ4v) is 2.39. The second-order valence-electron chi connectivity index (χ2n) is 6.36. The van der Waals surface area contributed by atoms with E-state index in [4.69, 9.17) is 0 Å². The molecule has 0 spiro atoms. The molecule has 0 aliphatic carbocycles. The van der Waals surface area contributed by atoms with Crippen molar-refractivity contribution in [3.05, 3.63) is 18.0 Å². The smallest absolute Gasteiger partial charge is 0.0534 e. The van der Waals surface area contributed by atoms with Crippen LogP contribution < -0.4 is 5.32 Å². The van der Waals surface area contributed by atoms with Crippen LogP contribution in [0.1, 0.15) is 39.7 Å². The van der Waals surface area contributed by atoms with Crippen LogP contribution in [-0.4, -0.2) is 40.9 Å². The van der Waals surface area contributed by atoms with Gasteiger partial charge in [0, 0.05) is 37.9 Å². The summed E-state index contributed by atoms with van der Waals surface area (Å²) in [4.78, 5) is 2.38. The highest BCUT2D eigenvalue weighted by Crippen LogP contribution is 2.22. The molecule has 1 unspecified atom stereocenters. The Morgan fingerprint density at radius 2 is 2.16 bits per heavy atom. The third kappa shape index (κ3) is 5.33. The van der Waals surface area contributed by atoms with Crippen LogP contribution in [0, 0.1) is 5.41 Å². The average Bonchev–Trinajstić information content (AvgIpc) is 2.70. The highest BCUT2D eigenvalue weighted by molar-refractivity contribution is 5.03. The Morgan fingerprint density at radius 1 is 1.47 bits per heavy atom. The third-order valence-electron chi connectivity index (χ3n) is 3.76. The van der Waals surface area contributed by atoms with Gasteiger partial charge < -0.3 is 10.2 Å². The Balaban J connectivity index is 2.47. The van der Waals surface area contributed by atoms with Gasteiger partial charge in [0.2, 0.25) is 0 Å². The molecular formula is C15H30N4. The van der Waals surface area contributed by atoms with Gasteiger partial charge >= 0.3 is 0 Å². The lowest BCUT2D eigenvalue weighted by Gasteiger charge is -2.36. The van der Waals surface area contributed by atoms with Gasteiger partial charge in [0.05, 0.1) is 6.20 Å². The number of hydrogen-bond donors (Lipinski definition) is 1. The quantitative estimate of drug-likeness (QED) is 0.783. The molecule has 0 fully saturated rings. The lowest BCUT2D eigenvalue weighted by molar-refractivity contribution is 0.160. The van der Waals surface area contributed by atoms with E-state index in [-0.39, 0.29) is 5.41 Å². The molecule has 0 aliphatic heterocycles. The highest BCUT2D eigenvalue weighted by Gasteiger charge is 2.26. The first-order valence-corrected chi connectivity index (χ1v) is 7.24. The molecule has 1 aromatic heterocycles. The number of hydrogen-bond acceptors (Lipinski definition) is 3. The largest absolute Gasteiger partial charge is 0.314 e. The maximum Gasteiger partial charge on any atom is 0.0534 e. The summed E-state index contributed by atoms with van der Waals surface area (Å²) in [6, 6.07) is 0.517. The fraction of sp³-hybridized carbons (Fsp3) is 0.800. The van der Waals surface area contributed by atoms with E-state index in [1.54, 1.807) is 0 Å². The van der Waals surface area contributed by atoms with E-state index in [1.165, 1.54) is 12.0 Å². The number of aryl methyl sites for hydroxylation is 1. The van der Waals surface area contributed by atoms with Crippen molar-refractivity contribution in [2.45, 2.75) is 46.7 Å². The van der Waals surface area contributed by atoms with Crippen LogP contribution in [0.5, 0.6) is 0 Å². The Labute approximate surface area is 118 Å². The molecule has 0 bridgehead atoms. The first kappa shape index (κ1) is 16.2. The van der Waals surface area contributed by atoms with Crippen molar-refractivity contribution in [2.24, 2.45) is 12.5 Å². The summed E-state index contributed by atoms with van der Waals surface area (Å²) in [7, 11) is 4.14. The molecular weight excluding hydrogens is 236 g/mol. The maximum absolute atomic E-state index is 4.22. The van der Waals surface area contributed by atoms with Gasteiger partial charge in [-0.2, -0.15) is 5.10 Å². The minimum Gasteiger partial charge on any atom is -0.314 e. The summed E-state index contributed by atoms with van der Waals surface area (Å²) < 4.78 is 1.86. The SMILES string of the molecule is CCCNC(C)C(C)(C)CN(C)Cc1cnn(C)c1. The molecule has 19 heavy (non-hydrogen) atoms. The molecule has 1 aromatic rings. The van der Waals surface area contributed by atoms with Gasteiger partial charge in [-0.3, -0.25) is 4.68 Å². The van der Waals surface area contributed by atoms with Gasteiger partial charge in [0.25, 0.3) is 0 Å². The Morgan fingerprint density at radius 3 is 2.68 bits per heavy atom. The highest BCUT2D eigenvalue weighted by atomic mass is 15.2. The topological polar surface area (TPSA) is 33.1 Å². The zero-order chi connectivity index (χ0) is 14.5. The molecule has 0 aliphatic rings. The van der Waals surface area contributed by atoms with Crippen molar-refractivity contribution < 1.29 is 0 Å². The van der Waals surface area contributed by atoms with Gasteiger partial charge in [-0.1, -0.05) is 20.8 Å². The minimum absolute atomic E-state index is 0.256. The molecule has 4 nitrogen and oxygen atoms in total. The van der Waals surface area contributed by atoms with Gasteiger partial charge in [-0.05, 0) is 32.4 Å². The molecule has 0 saturated carbocycles. The van der Waals surface area contributed by atoms with Crippen molar-refractivity contribution in [3.63, 3.8) is 0 Å². The number of nitrogens with zero attached hydrogens (tertiary/aromatic N) is 3. The normalized spacial score (nSPS) is 14.1. The van der Waals surface area contributed by atoms with Crippen LogP contribution in [0.2, 0.25) is 0 Å². The summed E-state index contributed by atoms with van der Waals surface area (Å²) in [6.45, 7) is 12.3. The predicted molar refractivity (Wildman–Crippen MR) is 81.1 cm³/mol. The summed E-state index contributed by atoms with van der Waals surface area (Å²) in [5.41, 5.74) is 1.53. The van der Waals surface area contributed by atoms with E-state index in [0.29, 0.717) is 6.04 Å². The van der Waals surface area contributed by atoms with Crippen LogP contribution >= 0.6 is 0 Å². The van der Waals surface area contributed by atoms with Crippen molar-refractivity contribution >= 4 is 0 Å². The molecule has 4 heteroatoms. The average molecular weight is 266 g/mol. The fourth-order valence-electron chi connectivity index (χ4n) is 2.39. The van der Waals surface area contributed by atoms with E-state index in [2.05, 4.69) is 56.3 Å². The summed E-state index contributed by atoms with van der Waals surface area (Å²) in [5.74, 6) is 0. The first-order chi connectivity index (χ1) is 8.85. The monoisotopic (exact) mass is 266 g/mol. The molecule has 0 saturated heterocycles.